The summed E-state index contributed by atoms with van der Waals surface area (Å²) in [6.07, 6.45) is 0.649. The molecule has 0 fully saturated rings. The fraction of sp³-hybridized carbons (Fsp3) is 0.273. The summed E-state index contributed by atoms with van der Waals surface area (Å²) in [6.45, 7) is -0.671. The van der Waals surface area contributed by atoms with Crippen LogP contribution in [0.5, 0.6) is 0 Å². The maximum Gasteiger partial charge on any atom is 0.311 e. The molecule has 0 aromatic carbocycles. The molecule has 2 aromatic heterocycles. The van der Waals surface area contributed by atoms with Crippen LogP contribution in [0, 0.1) is 11.3 Å². The smallest absolute Gasteiger partial charge is 0.311 e. The zero-order valence-electron chi connectivity index (χ0n) is 10.5. The van der Waals surface area contributed by atoms with Crippen LogP contribution < -0.4 is 5.73 Å². The van der Waals surface area contributed by atoms with Crippen molar-refractivity contribution in [3.63, 3.8) is 0 Å². The summed E-state index contributed by atoms with van der Waals surface area (Å²) in [5.74, 6) is -0.824. The summed E-state index contributed by atoms with van der Waals surface area (Å²) in [5.41, 5.74) is 4.00. The van der Waals surface area contributed by atoms with E-state index in [4.69, 9.17) is 15.6 Å². The lowest BCUT2D eigenvalue weighted by Crippen LogP contribution is -2.42. The SMILES string of the molecule is N#CC1(n2cnc3c(N)ncnc32)OC(CO)=C(O)C1O. The van der Waals surface area contributed by atoms with Gasteiger partial charge in [-0.05, 0) is 0 Å². The van der Waals surface area contributed by atoms with Crippen LogP contribution in [0.4, 0.5) is 5.82 Å². The molecule has 2 unspecified atom stereocenters. The normalized spacial score (nSPS) is 25.1. The van der Waals surface area contributed by atoms with Crippen molar-refractivity contribution in [3.8, 4) is 6.07 Å². The first kappa shape index (κ1) is 13.1. The molecule has 0 saturated carbocycles. The van der Waals surface area contributed by atoms with E-state index in [0.717, 1.165) is 4.57 Å². The number of nitriles is 1. The van der Waals surface area contributed by atoms with E-state index >= 15 is 0 Å². The van der Waals surface area contributed by atoms with Crippen LogP contribution in [0.1, 0.15) is 0 Å². The first-order valence-corrected chi connectivity index (χ1v) is 5.80. The van der Waals surface area contributed by atoms with Gasteiger partial charge in [0.1, 0.15) is 30.8 Å². The molecule has 5 N–H and O–H groups in total. The number of imidazole rings is 1. The Balaban J connectivity index is 2.22. The molecule has 1 aliphatic rings. The van der Waals surface area contributed by atoms with Gasteiger partial charge in [0, 0.05) is 0 Å². The summed E-state index contributed by atoms with van der Waals surface area (Å²) >= 11 is 0. The zero-order chi connectivity index (χ0) is 15.2. The highest BCUT2D eigenvalue weighted by Crippen LogP contribution is 2.38. The fourth-order valence-electron chi connectivity index (χ4n) is 2.16. The standard InChI is InChI=1S/C11H10N6O4/c12-2-11(8(20)7(19)5(1-18)21-11)17-4-16-6-9(13)14-3-15-10(6)17/h3-4,8,18-20H,1H2,(H2,13,14,15). The van der Waals surface area contributed by atoms with E-state index in [9.17, 15) is 15.5 Å². The van der Waals surface area contributed by atoms with Gasteiger partial charge in [0.05, 0.1) is 0 Å². The Kier molecular flexibility index (Phi) is 2.68. The minimum absolute atomic E-state index is 0.0962. The molecule has 0 aliphatic carbocycles. The molecule has 2 aromatic rings. The molecule has 2 atom stereocenters. The molecule has 108 valence electrons. The average molecular weight is 290 g/mol. The van der Waals surface area contributed by atoms with Gasteiger partial charge >= 0.3 is 5.72 Å². The van der Waals surface area contributed by atoms with E-state index in [1.165, 1.54) is 12.7 Å². The lowest BCUT2D eigenvalue weighted by Gasteiger charge is -2.26. The van der Waals surface area contributed by atoms with E-state index in [2.05, 4.69) is 15.0 Å². The second-order valence-corrected chi connectivity index (χ2v) is 4.33. The fourth-order valence-corrected chi connectivity index (χ4v) is 2.16. The highest BCUT2D eigenvalue weighted by atomic mass is 16.6. The third-order valence-electron chi connectivity index (χ3n) is 3.22. The molecule has 3 heterocycles. The van der Waals surface area contributed by atoms with Crippen molar-refractivity contribution in [2.45, 2.75) is 11.8 Å². The number of aliphatic hydroxyl groups excluding tert-OH is 3. The zero-order valence-corrected chi connectivity index (χ0v) is 10.5. The highest BCUT2D eigenvalue weighted by Gasteiger charge is 2.53. The van der Waals surface area contributed by atoms with Crippen molar-refractivity contribution < 1.29 is 20.1 Å². The molecule has 0 bridgehead atoms. The topological polar surface area (TPSA) is 163 Å². The Hall–Kier alpha value is -2.90. The summed E-state index contributed by atoms with van der Waals surface area (Å²) in [5, 5.41) is 38.4. The molecule has 1 aliphatic heterocycles. The average Bonchev–Trinajstić information content (AvgIpc) is 3.03. The summed E-state index contributed by atoms with van der Waals surface area (Å²) in [7, 11) is 0. The van der Waals surface area contributed by atoms with Gasteiger partial charge in [-0.1, -0.05) is 0 Å². The van der Waals surface area contributed by atoms with E-state index in [0.29, 0.717) is 0 Å². The molecular weight excluding hydrogens is 280 g/mol. The van der Waals surface area contributed by atoms with Gasteiger partial charge < -0.3 is 25.8 Å². The number of aromatic nitrogens is 4. The number of nitrogens with zero attached hydrogens (tertiary/aromatic N) is 5. The second kappa shape index (κ2) is 4.30. The van der Waals surface area contributed by atoms with Gasteiger partial charge in [-0.3, -0.25) is 4.57 Å². The van der Waals surface area contributed by atoms with Crippen LogP contribution in [-0.2, 0) is 10.5 Å². The maximum atomic E-state index is 10.1. The molecular formula is C11H10N6O4. The largest absolute Gasteiger partial charge is 0.506 e. The number of ether oxygens (including phenoxy) is 1. The number of fused-ring (bicyclic) bond motifs is 1. The van der Waals surface area contributed by atoms with Crippen molar-refractivity contribution in [2.75, 3.05) is 12.3 Å². The van der Waals surface area contributed by atoms with Crippen molar-refractivity contribution in [1.29, 1.82) is 5.26 Å². The number of aliphatic hydroxyl groups is 3. The molecule has 0 amide bonds. The van der Waals surface area contributed by atoms with E-state index in [1.807, 2.05) is 0 Å². The minimum Gasteiger partial charge on any atom is -0.506 e. The van der Waals surface area contributed by atoms with Gasteiger partial charge in [0.25, 0.3) is 0 Å². The first-order chi connectivity index (χ1) is 10.0. The Morgan fingerprint density at radius 3 is 2.86 bits per heavy atom. The Morgan fingerprint density at radius 1 is 1.48 bits per heavy atom. The Morgan fingerprint density at radius 2 is 2.24 bits per heavy atom. The van der Waals surface area contributed by atoms with Crippen molar-refractivity contribution >= 4 is 17.0 Å². The monoisotopic (exact) mass is 290 g/mol. The number of rotatable bonds is 2. The number of hydrogen-bond donors (Lipinski definition) is 4. The summed E-state index contributed by atoms with van der Waals surface area (Å²) in [6, 6.07) is 1.77. The maximum absolute atomic E-state index is 10.1. The highest BCUT2D eigenvalue weighted by molar-refractivity contribution is 5.81. The number of anilines is 1. The van der Waals surface area contributed by atoms with Crippen LogP contribution >= 0.6 is 0 Å². The molecule has 0 saturated heterocycles. The molecule has 0 radical (unpaired) electrons. The van der Waals surface area contributed by atoms with Gasteiger partial charge in [0.15, 0.2) is 29.1 Å². The van der Waals surface area contributed by atoms with Crippen LogP contribution in [-0.4, -0.2) is 47.5 Å². The lowest BCUT2D eigenvalue weighted by atomic mass is 10.1. The quantitative estimate of drug-likeness (QED) is 0.528. The third kappa shape index (κ3) is 1.55. The van der Waals surface area contributed by atoms with E-state index < -0.39 is 24.2 Å². The molecule has 0 spiro atoms. The second-order valence-electron chi connectivity index (χ2n) is 4.33. The molecule has 10 heteroatoms. The minimum atomic E-state index is -2.03. The number of hydrogen-bond acceptors (Lipinski definition) is 9. The van der Waals surface area contributed by atoms with E-state index in [-0.39, 0.29) is 22.7 Å². The van der Waals surface area contributed by atoms with Crippen molar-refractivity contribution in [3.05, 3.63) is 24.2 Å². The molecule has 3 rings (SSSR count). The van der Waals surface area contributed by atoms with Gasteiger partial charge in [-0.25, -0.2) is 15.0 Å². The van der Waals surface area contributed by atoms with Gasteiger partial charge in [-0.2, -0.15) is 5.26 Å². The van der Waals surface area contributed by atoms with Crippen molar-refractivity contribution in [1.82, 2.24) is 19.5 Å². The predicted octanol–water partition coefficient (Wildman–Crippen LogP) is -1.26. The van der Waals surface area contributed by atoms with Crippen molar-refractivity contribution in [2.24, 2.45) is 0 Å². The van der Waals surface area contributed by atoms with Crippen LogP contribution in [0.3, 0.4) is 0 Å². The lowest BCUT2D eigenvalue weighted by molar-refractivity contribution is -0.0731. The number of nitrogens with two attached hydrogens (primary N) is 1. The van der Waals surface area contributed by atoms with Crippen LogP contribution in [0.25, 0.3) is 11.2 Å². The summed E-state index contributed by atoms with van der Waals surface area (Å²) in [4.78, 5) is 11.7. The first-order valence-electron chi connectivity index (χ1n) is 5.80. The number of nitrogen functional groups attached to an aromatic ring is 1. The van der Waals surface area contributed by atoms with E-state index in [1.54, 1.807) is 6.07 Å². The molecule has 21 heavy (non-hydrogen) atoms. The van der Waals surface area contributed by atoms with Crippen LogP contribution in [0.15, 0.2) is 24.2 Å². The predicted molar refractivity (Wildman–Crippen MR) is 67.2 cm³/mol. The summed E-state index contributed by atoms with van der Waals surface area (Å²) < 4.78 is 6.38. The van der Waals surface area contributed by atoms with Gasteiger partial charge in [-0.15, -0.1) is 0 Å². The van der Waals surface area contributed by atoms with Crippen LogP contribution in [0.2, 0.25) is 0 Å². The third-order valence-corrected chi connectivity index (χ3v) is 3.22. The Bertz CT molecular complexity index is 794. The van der Waals surface area contributed by atoms with Gasteiger partial charge in [0.2, 0.25) is 0 Å². The molecule has 10 nitrogen and oxygen atoms in total. The Labute approximate surface area is 117 Å².